The summed E-state index contributed by atoms with van der Waals surface area (Å²) in [7, 11) is 1.42. The van der Waals surface area contributed by atoms with Crippen LogP contribution in [-0.2, 0) is 4.74 Å². The molecule has 2 N–H and O–H groups in total. The Morgan fingerprint density at radius 2 is 1.76 bits per heavy atom. The topological polar surface area (TPSA) is 41.5 Å². The van der Waals surface area contributed by atoms with E-state index in [0.717, 1.165) is 5.56 Å². The quantitative estimate of drug-likeness (QED) is 0.795. The summed E-state index contributed by atoms with van der Waals surface area (Å²) < 4.78 is 17.7. The molecule has 0 fully saturated rings. The predicted octanol–water partition coefficient (Wildman–Crippen LogP) is 2.42. The molecule has 0 aliphatic heterocycles. The van der Waals surface area contributed by atoms with Crippen LogP contribution in [-0.4, -0.2) is 18.6 Å². The van der Waals surface area contributed by atoms with E-state index < -0.39 is 6.41 Å². The highest BCUT2D eigenvalue weighted by Gasteiger charge is 2.27. The van der Waals surface area contributed by atoms with E-state index in [1.54, 1.807) is 12.1 Å². The first-order valence-electron chi connectivity index (χ1n) is 5.57. The first-order valence-corrected chi connectivity index (χ1v) is 5.57. The van der Waals surface area contributed by atoms with Crippen LogP contribution in [0.2, 0.25) is 0 Å². The summed E-state index contributed by atoms with van der Waals surface area (Å²) in [5.74, 6) is -0.270. The fraction of sp³-hybridized carbons (Fsp3) is 0.538. The number of aliphatic hydroxyl groups excluding tert-OH is 1. The maximum Gasteiger partial charge on any atom is 0.213 e. The van der Waals surface area contributed by atoms with Crippen molar-refractivity contribution in [2.24, 2.45) is 5.41 Å². The highest BCUT2D eigenvalue weighted by Crippen LogP contribution is 2.33. The number of aliphatic hydroxyl groups is 1. The van der Waals surface area contributed by atoms with Crippen molar-refractivity contribution >= 4 is 0 Å². The van der Waals surface area contributed by atoms with E-state index in [2.05, 4.69) is 5.32 Å². The lowest BCUT2D eigenvalue weighted by atomic mass is 9.82. The summed E-state index contributed by atoms with van der Waals surface area (Å²) in [5.41, 5.74) is 0.784. The smallest absolute Gasteiger partial charge is 0.213 e. The van der Waals surface area contributed by atoms with Gasteiger partial charge in [-0.05, 0) is 23.1 Å². The van der Waals surface area contributed by atoms with Crippen LogP contribution in [0.15, 0.2) is 24.3 Å². The highest BCUT2D eigenvalue weighted by molar-refractivity contribution is 5.21. The Kier molecular flexibility index (Phi) is 4.62. The Labute approximate surface area is 102 Å². The lowest BCUT2D eigenvalue weighted by molar-refractivity contribution is -0.111. The molecule has 17 heavy (non-hydrogen) atoms. The molecule has 4 heteroatoms. The molecule has 0 bridgehead atoms. The molecule has 3 nitrogen and oxygen atoms in total. The van der Waals surface area contributed by atoms with E-state index in [1.165, 1.54) is 19.2 Å². The van der Waals surface area contributed by atoms with Gasteiger partial charge < -0.3 is 9.84 Å². The van der Waals surface area contributed by atoms with Crippen molar-refractivity contribution in [3.05, 3.63) is 35.6 Å². The van der Waals surface area contributed by atoms with Gasteiger partial charge in [0.15, 0.2) is 0 Å². The van der Waals surface area contributed by atoms with Crippen LogP contribution in [0.1, 0.15) is 32.4 Å². The van der Waals surface area contributed by atoms with Crippen LogP contribution in [0, 0.1) is 11.2 Å². The molecule has 1 rings (SSSR count). The monoisotopic (exact) mass is 241 g/mol. The predicted molar refractivity (Wildman–Crippen MR) is 64.7 cm³/mol. The molecule has 0 saturated heterocycles. The van der Waals surface area contributed by atoms with Gasteiger partial charge in [-0.2, -0.15) is 0 Å². The van der Waals surface area contributed by atoms with E-state index in [-0.39, 0.29) is 17.3 Å². The summed E-state index contributed by atoms with van der Waals surface area (Å²) in [6.45, 7) is 6.11. The number of benzene rings is 1. The minimum absolute atomic E-state index is 0.127. The first-order chi connectivity index (χ1) is 7.84. The van der Waals surface area contributed by atoms with Gasteiger partial charge in [-0.3, -0.25) is 5.32 Å². The number of ether oxygens (including phenoxy) is 1. The van der Waals surface area contributed by atoms with Crippen molar-refractivity contribution < 1.29 is 14.2 Å². The molecule has 0 amide bonds. The van der Waals surface area contributed by atoms with Crippen LogP contribution in [0.5, 0.6) is 0 Å². The Balaban J connectivity index is 2.94. The molecule has 0 radical (unpaired) electrons. The number of hydrogen-bond donors (Lipinski definition) is 2. The average Bonchev–Trinajstić information content (AvgIpc) is 2.25. The van der Waals surface area contributed by atoms with Gasteiger partial charge in [-0.1, -0.05) is 32.9 Å². The van der Waals surface area contributed by atoms with Gasteiger partial charge in [-0.15, -0.1) is 0 Å². The largest absolute Gasteiger partial charge is 0.356 e. The Bertz CT molecular complexity index is 345. The Hall–Kier alpha value is -0.970. The second-order valence-corrected chi connectivity index (χ2v) is 5.11. The number of nitrogens with one attached hydrogen (secondary N) is 1. The molecule has 2 unspecified atom stereocenters. The van der Waals surface area contributed by atoms with Gasteiger partial charge >= 0.3 is 0 Å². The SMILES string of the molecule is COC(O)NC(c1ccc(F)cc1)C(C)(C)C. The lowest BCUT2D eigenvalue weighted by Gasteiger charge is -2.33. The minimum atomic E-state index is -1.04. The Morgan fingerprint density at radius 1 is 1.24 bits per heavy atom. The summed E-state index contributed by atoms with van der Waals surface area (Å²) in [4.78, 5) is 0. The maximum atomic E-state index is 12.9. The van der Waals surface area contributed by atoms with Crippen molar-refractivity contribution in [2.45, 2.75) is 33.2 Å². The average molecular weight is 241 g/mol. The second-order valence-electron chi connectivity index (χ2n) is 5.11. The summed E-state index contributed by atoms with van der Waals surface area (Å²) in [5, 5.41) is 12.5. The van der Waals surface area contributed by atoms with Crippen LogP contribution in [0.3, 0.4) is 0 Å². The first kappa shape index (κ1) is 14.1. The second kappa shape index (κ2) is 5.58. The van der Waals surface area contributed by atoms with E-state index >= 15 is 0 Å². The zero-order valence-corrected chi connectivity index (χ0v) is 10.7. The van der Waals surface area contributed by atoms with Crippen molar-refractivity contribution in [1.29, 1.82) is 0 Å². The minimum Gasteiger partial charge on any atom is -0.356 e. The van der Waals surface area contributed by atoms with Gasteiger partial charge in [0.25, 0.3) is 0 Å². The molecule has 2 atom stereocenters. The zero-order valence-electron chi connectivity index (χ0n) is 10.7. The molecule has 0 spiro atoms. The van der Waals surface area contributed by atoms with Crippen LogP contribution >= 0.6 is 0 Å². The molecular weight excluding hydrogens is 221 g/mol. The molecule has 0 heterocycles. The fourth-order valence-corrected chi connectivity index (χ4v) is 1.71. The standard InChI is InChI=1S/C13H20FNO2/c1-13(2,3)11(15-12(16)17-4)9-5-7-10(14)8-6-9/h5-8,11-12,15-16H,1-4H3. The third-order valence-electron chi connectivity index (χ3n) is 2.60. The van der Waals surface area contributed by atoms with Crippen LogP contribution < -0.4 is 5.32 Å². The van der Waals surface area contributed by atoms with E-state index in [4.69, 9.17) is 4.74 Å². The highest BCUT2D eigenvalue weighted by atomic mass is 19.1. The van der Waals surface area contributed by atoms with Gasteiger partial charge in [0.2, 0.25) is 6.41 Å². The number of halogens is 1. The van der Waals surface area contributed by atoms with Crippen molar-refractivity contribution in [3.63, 3.8) is 0 Å². The molecular formula is C13H20FNO2. The number of hydrogen-bond acceptors (Lipinski definition) is 3. The third-order valence-corrected chi connectivity index (χ3v) is 2.60. The van der Waals surface area contributed by atoms with Gasteiger partial charge in [0.05, 0.1) is 0 Å². The third kappa shape index (κ3) is 4.07. The Morgan fingerprint density at radius 3 is 2.18 bits per heavy atom. The van der Waals surface area contributed by atoms with Gasteiger partial charge in [0.1, 0.15) is 5.82 Å². The fourth-order valence-electron chi connectivity index (χ4n) is 1.71. The molecule has 0 saturated carbocycles. The van der Waals surface area contributed by atoms with Gasteiger partial charge in [-0.25, -0.2) is 4.39 Å². The summed E-state index contributed by atoms with van der Waals surface area (Å²) in [6, 6.07) is 6.11. The van der Waals surface area contributed by atoms with E-state index in [1.807, 2.05) is 20.8 Å². The van der Waals surface area contributed by atoms with Crippen LogP contribution in [0.4, 0.5) is 4.39 Å². The molecule has 1 aromatic carbocycles. The van der Waals surface area contributed by atoms with E-state index in [9.17, 15) is 9.50 Å². The zero-order chi connectivity index (χ0) is 13.1. The maximum absolute atomic E-state index is 12.9. The lowest BCUT2D eigenvalue weighted by Crippen LogP contribution is -2.40. The van der Waals surface area contributed by atoms with E-state index in [0.29, 0.717) is 0 Å². The van der Waals surface area contributed by atoms with Crippen molar-refractivity contribution in [1.82, 2.24) is 5.32 Å². The summed E-state index contributed by atoms with van der Waals surface area (Å²) >= 11 is 0. The normalized spacial score (nSPS) is 15.6. The number of methoxy groups -OCH3 is 1. The van der Waals surface area contributed by atoms with Crippen LogP contribution in [0.25, 0.3) is 0 Å². The van der Waals surface area contributed by atoms with Gasteiger partial charge in [0, 0.05) is 13.2 Å². The molecule has 0 aliphatic carbocycles. The van der Waals surface area contributed by atoms with Crippen molar-refractivity contribution in [3.8, 4) is 0 Å². The van der Waals surface area contributed by atoms with Crippen molar-refractivity contribution in [2.75, 3.05) is 7.11 Å². The molecule has 0 aromatic heterocycles. The number of rotatable bonds is 4. The molecule has 1 aromatic rings. The molecule has 96 valence electrons. The molecule has 0 aliphatic rings. The summed E-state index contributed by atoms with van der Waals surface area (Å²) in [6.07, 6.45) is -1.04.